The van der Waals surface area contributed by atoms with Crippen LogP contribution in [0.2, 0.25) is 0 Å². The predicted octanol–water partition coefficient (Wildman–Crippen LogP) is 5.91. The summed E-state index contributed by atoms with van der Waals surface area (Å²) >= 11 is 1.38. The Morgan fingerprint density at radius 2 is 1.77 bits per heavy atom. The van der Waals surface area contributed by atoms with Gasteiger partial charge in [-0.25, -0.2) is 4.99 Å². The van der Waals surface area contributed by atoms with Crippen LogP contribution in [0.15, 0.2) is 58.4 Å². The SMILES string of the molecule is Cc1cccc(N=C2NC(=O)/C(=C/c3cc(C)n(-c4ccc(C)c(C)c4)c3C)S2)c1. The van der Waals surface area contributed by atoms with Gasteiger partial charge in [0.15, 0.2) is 5.17 Å². The van der Waals surface area contributed by atoms with Crippen molar-refractivity contribution in [3.8, 4) is 5.69 Å². The van der Waals surface area contributed by atoms with Crippen molar-refractivity contribution >= 4 is 34.6 Å². The van der Waals surface area contributed by atoms with E-state index in [9.17, 15) is 4.79 Å². The molecule has 5 heteroatoms. The molecule has 1 aliphatic rings. The van der Waals surface area contributed by atoms with Crippen molar-refractivity contribution < 1.29 is 4.79 Å². The fourth-order valence-electron chi connectivity index (χ4n) is 3.63. The maximum absolute atomic E-state index is 12.5. The number of hydrogen-bond acceptors (Lipinski definition) is 3. The van der Waals surface area contributed by atoms with Gasteiger partial charge in [-0.3, -0.25) is 4.79 Å². The van der Waals surface area contributed by atoms with E-state index >= 15 is 0 Å². The number of nitrogens with zero attached hydrogens (tertiary/aromatic N) is 2. The van der Waals surface area contributed by atoms with E-state index in [0.29, 0.717) is 10.1 Å². The molecule has 0 atom stereocenters. The van der Waals surface area contributed by atoms with Gasteiger partial charge in [0, 0.05) is 17.1 Å². The summed E-state index contributed by atoms with van der Waals surface area (Å²) in [5.41, 5.74) is 8.96. The molecule has 2 aromatic carbocycles. The lowest BCUT2D eigenvalue weighted by Crippen LogP contribution is -2.19. The largest absolute Gasteiger partial charge is 0.318 e. The van der Waals surface area contributed by atoms with Crippen LogP contribution in [-0.4, -0.2) is 15.6 Å². The fraction of sp³-hybridized carbons (Fsp3) is 0.200. The van der Waals surface area contributed by atoms with E-state index in [0.717, 1.165) is 33.9 Å². The highest BCUT2D eigenvalue weighted by atomic mass is 32.2. The lowest BCUT2D eigenvalue weighted by molar-refractivity contribution is -0.115. The van der Waals surface area contributed by atoms with E-state index in [2.05, 4.69) is 66.8 Å². The Bertz CT molecular complexity index is 1220. The highest BCUT2D eigenvalue weighted by molar-refractivity contribution is 8.18. The van der Waals surface area contributed by atoms with Gasteiger partial charge in [0.1, 0.15) is 0 Å². The average Bonchev–Trinajstić information content (AvgIpc) is 3.16. The van der Waals surface area contributed by atoms with Crippen LogP contribution in [0.25, 0.3) is 11.8 Å². The second-order valence-corrected chi connectivity index (χ2v) is 8.78. The molecule has 1 fully saturated rings. The van der Waals surface area contributed by atoms with Crippen LogP contribution < -0.4 is 5.32 Å². The molecule has 3 aromatic rings. The summed E-state index contributed by atoms with van der Waals surface area (Å²) in [6.45, 7) is 10.5. The lowest BCUT2D eigenvalue weighted by atomic mass is 10.1. The molecule has 0 aliphatic carbocycles. The summed E-state index contributed by atoms with van der Waals surface area (Å²) in [4.78, 5) is 17.7. The van der Waals surface area contributed by atoms with Gasteiger partial charge >= 0.3 is 0 Å². The smallest absolute Gasteiger partial charge is 0.264 e. The third kappa shape index (κ3) is 3.98. The zero-order valence-electron chi connectivity index (χ0n) is 17.9. The standard InChI is InChI=1S/C25H25N3OS/c1-15-7-6-8-21(11-15)26-25-27-24(29)23(30-25)14-20-13-18(4)28(19(20)5)22-10-9-16(2)17(3)12-22/h6-14H,1-5H3,(H,26,27,29)/b23-14-. The number of nitrogens with one attached hydrogen (secondary N) is 1. The number of amides is 1. The molecule has 4 nitrogen and oxygen atoms in total. The minimum absolute atomic E-state index is 0.109. The Morgan fingerprint density at radius 3 is 2.50 bits per heavy atom. The molecule has 152 valence electrons. The van der Waals surface area contributed by atoms with Gasteiger partial charge in [-0.15, -0.1) is 0 Å². The summed E-state index contributed by atoms with van der Waals surface area (Å²) in [6.07, 6.45) is 1.96. The Hall–Kier alpha value is -3.05. The Labute approximate surface area is 181 Å². The van der Waals surface area contributed by atoms with Crippen molar-refractivity contribution in [2.45, 2.75) is 34.6 Å². The molecule has 0 radical (unpaired) electrons. The van der Waals surface area contributed by atoms with Crippen LogP contribution in [0.3, 0.4) is 0 Å². The topological polar surface area (TPSA) is 46.4 Å². The van der Waals surface area contributed by atoms with Crippen LogP contribution in [0.4, 0.5) is 5.69 Å². The van der Waals surface area contributed by atoms with Gasteiger partial charge < -0.3 is 9.88 Å². The van der Waals surface area contributed by atoms with Gasteiger partial charge in [0.2, 0.25) is 0 Å². The third-order valence-electron chi connectivity index (χ3n) is 5.39. The van der Waals surface area contributed by atoms with E-state index < -0.39 is 0 Å². The van der Waals surface area contributed by atoms with Crippen molar-refractivity contribution in [2.24, 2.45) is 4.99 Å². The van der Waals surface area contributed by atoms with Crippen molar-refractivity contribution in [3.63, 3.8) is 0 Å². The number of aryl methyl sites for hydroxylation is 4. The number of aliphatic imine (C=N–C) groups is 1. The molecule has 1 N–H and O–H groups in total. The van der Waals surface area contributed by atoms with E-state index in [1.165, 1.54) is 22.9 Å². The molecule has 30 heavy (non-hydrogen) atoms. The summed E-state index contributed by atoms with van der Waals surface area (Å²) < 4.78 is 2.23. The number of carbonyl (C=O) groups is 1. The Balaban J connectivity index is 1.65. The molecule has 0 unspecified atom stereocenters. The molecule has 1 aliphatic heterocycles. The first-order valence-electron chi connectivity index (χ1n) is 9.94. The average molecular weight is 416 g/mol. The van der Waals surface area contributed by atoms with Crippen molar-refractivity contribution in [2.75, 3.05) is 0 Å². The van der Waals surface area contributed by atoms with Crippen molar-refractivity contribution in [3.05, 3.63) is 87.1 Å². The number of aromatic nitrogens is 1. The Morgan fingerprint density at radius 1 is 0.967 bits per heavy atom. The van der Waals surface area contributed by atoms with Crippen LogP contribution in [0.5, 0.6) is 0 Å². The van der Waals surface area contributed by atoms with Crippen LogP contribution in [-0.2, 0) is 4.79 Å². The second-order valence-electron chi connectivity index (χ2n) is 7.75. The van der Waals surface area contributed by atoms with Crippen LogP contribution in [0, 0.1) is 34.6 Å². The number of amidine groups is 1. The van der Waals surface area contributed by atoms with Crippen LogP contribution in [0.1, 0.15) is 33.6 Å². The number of benzene rings is 2. The summed E-state index contributed by atoms with van der Waals surface area (Å²) in [5, 5.41) is 3.49. The maximum atomic E-state index is 12.5. The molecule has 0 spiro atoms. The first kappa shape index (κ1) is 20.2. The molecule has 2 heterocycles. The Kier molecular flexibility index (Phi) is 5.39. The fourth-order valence-corrected chi connectivity index (χ4v) is 4.46. The third-order valence-corrected chi connectivity index (χ3v) is 6.30. The highest BCUT2D eigenvalue weighted by Crippen LogP contribution is 2.31. The van der Waals surface area contributed by atoms with E-state index in [1.807, 2.05) is 37.3 Å². The minimum Gasteiger partial charge on any atom is -0.318 e. The van der Waals surface area contributed by atoms with Gasteiger partial charge in [-0.05, 0) is 105 Å². The highest BCUT2D eigenvalue weighted by Gasteiger charge is 2.24. The molecule has 4 rings (SSSR count). The summed E-state index contributed by atoms with van der Waals surface area (Å²) in [5.74, 6) is -0.109. The second kappa shape index (κ2) is 8.00. The number of carbonyl (C=O) groups excluding carboxylic acids is 1. The summed E-state index contributed by atoms with van der Waals surface area (Å²) in [6, 6.07) is 16.6. The van der Waals surface area contributed by atoms with Crippen molar-refractivity contribution in [1.29, 1.82) is 0 Å². The molecule has 1 amide bonds. The van der Waals surface area contributed by atoms with E-state index in [4.69, 9.17) is 0 Å². The number of thioether (sulfide) groups is 1. The first-order chi connectivity index (χ1) is 14.3. The van der Waals surface area contributed by atoms with Gasteiger partial charge in [-0.1, -0.05) is 18.2 Å². The normalized spacial score (nSPS) is 16.5. The number of rotatable bonds is 3. The lowest BCUT2D eigenvalue weighted by Gasteiger charge is -2.11. The molecule has 0 bridgehead atoms. The van der Waals surface area contributed by atoms with Crippen LogP contribution >= 0.6 is 11.8 Å². The molecule has 1 aromatic heterocycles. The van der Waals surface area contributed by atoms with E-state index in [1.54, 1.807) is 0 Å². The summed E-state index contributed by atoms with van der Waals surface area (Å²) in [7, 11) is 0. The van der Waals surface area contributed by atoms with Gasteiger partial charge in [0.05, 0.1) is 10.6 Å². The maximum Gasteiger partial charge on any atom is 0.264 e. The zero-order chi connectivity index (χ0) is 21.4. The van der Waals surface area contributed by atoms with E-state index in [-0.39, 0.29) is 5.91 Å². The minimum atomic E-state index is -0.109. The first-order valence-corrected chi connectivity index (χ1v) is 10.8. The molecular weight excluding hydrogens is 390 g/mol. The quantitative estimate of drug-likeness (QED) is 0.541. The van der Waals surface area contributed by atoms with Crippen molar-refractivity contribution in [1.82, 2.24) is 9.88 Å². The van der Waals surface area contributed by atoms with Gasteiger partial charge in [0.25, 0.3) is 5.91 Å². The zero-order valence-corrected chi connectivity index (χ0v) is 18.7. The molecule has 0 saturated carbocycles. The number of hydrogen-bond donors (Lipinski definition) is 1. The molecular formula is C25H25N3OS. The predicted molar refractivity (Wildman–Crippen MR) is 127 cm³/mol. The molecule has 1 saturated heterocycles. The monoisotopic (exact) mass is 415 g/mol. The van der Waals surface area contributed by atoms with Gasteiger partial charge in [-0.2, -0.15) is 0 Å².